The summed E-state index contributed by atoms with van der Waals surface area (Å²) in [4.78, 5) is 2.49. The van der Waals surface area contributed by atoms with E-state index in [4.69, 9.17) is 9.15 Å². The van der Waals surface area contributed by atoms with Gasteiger partial charge in [-0.15, -0.1) is 0 Å². The lowest BCUT2D eigenvalue weighted by atomic mass is 10.2. The first-order valence-corrected chi connectivity index (χ1v) is 7.88. The van der Waals surface area contributed by atoms with Gasteiger partial charge in [0.15, 0.2) is 0 Å². The first kappa shape index (κ1) is 15.0. The maximum atomic E-state index is 5.92. The fourth-order valence-corrected chi connectivity index (χ4v) is 3.14. The molecule has 3 heteroatoms. The summed E-state index contributed by atoms with van der Waals surface area (Å²) in [7, 11) is 1.69. The van der Waals surface area contributed by atoms with Crippen molar-refractivity contribution in [2.24, 2.45) is 0 Å². The molecule has 2 nitrogen and oxygen atoms in total. The average molecular weight is 290 g/mol. The van der Waals surface area contributed by atoms with Crippen LogP contribution in [0, 0.1) is 13.8 Å². The van der Waals surface area contributed by atoms with Crippen molar-refractivity contribution < 1.29 is 9.15 Å². The van der Waals surface area contributed by atoms with Gasteiger partial charge in [0.1, 0.15) is 17.3 Å². The van der Waals surface area contributed by atoms with Crippen molar-refractivity contribution in [3.63, 3.8) is 0 Å². The molecule has 0 aliphatic rings. The molecule has 1 heterocycles. The van der Waals surface area contributed by atoms with Crippen LogP contribution in [-0.4, -0.2) is 7.11 Å². The second-order valence-corrected chi connectivity index (χ2v) is 6.00. The Morgan fingerprint density at radius 2 is 1.85 bits per heavy atom. The summed E-state index contributed by atoms with van der Waals surface area (Å²) in [6.07, 6.45) is 3.37. The fourth-order valence-electron chi connectivity index (χ4n) is 2.07. The average Bonchev–Trinajstić information content (AvgIpc) is 2.73. The number of benzene rings is 1. The molecule has 0 spiro atoms. The summed E-state index contributed by atoms with van der Waals surface area (Å²) < 4.78 is 11.1. The lowest BCUT2D eigenvalue weighted by Crippen LogP contribution is -1.86. The van der Waals surface area contributed by atoms with Gasteiger partial charge < -0.3 is 9.15 Å². The Morgan fingerprint density at radius 3 is 2.45 bits per heavy atom. The van der Waals surface area contributed by atoms with Crippen LogP contribution in [0.15, 0.2) is 38.5 Å². The number of rotatable bonds is 6. The number of furan rings is 1. The van der Waals surface area contributed by atoms with E-state index in [2.05, 4.69) is 26.0 Å². The normalized spacial score (nSPS) is 10.8. The molecule has 2 aromatic rings. The maximum absolute atomic E-state index is 5.92. The molecule has 0 unspecified atom stereocenters. The van der Waals surface area contributed by atoms with E-state index in [1.165, 1.54) is 28.2 Å². The van der Waals surface area contributed by atoms with Crippen LogP contribution in [-0.2, 0) is 6.42 Å². The molecule has 0 bridgehead atoms. The first-order chi connectivity index (χ1) is 9.65. The summed E-state index contributed by atoms with van der Waals surface area (Å²) in [5, 5.41) is 0. The highest BCUT2D eigenvalue weighted by molar-refractivity contribution is 7.99. The summed E-state index contributed by atoms with van der Waals surface area (Å²) in [6, 6.07) is 8.18. The Bertz CT molecular complexity index is 555. The van der Waals surface area contributed by atoms with Gasteiger partial charge in [-0.1, -0.05) is 25.1 Å². The molecular formula is C17H22O2S. The zero-order chi connectivity index (χ0) is 14.5. The van der Waals surface area contributed by atoms with Gasteiger partial charge in [0.05, 0.1) is 12.0 Å². The van der Waals surface area contributed by atoms with Crippen LogP contribution in [0.25, 0.3) is 0 Å². The lowest BCUT2D eigenvalue weighted by molar-refractivity contribution is 0.414. The largest absolute Gasteiger partial charge is 0.497 e. The first-order valence-electron chi connectivity index (χ1n) is 7.06. The molecule has 0 radical (unpaired) electrons. The SMILES string of the molecule is CCCCc1oc(C)c(C)c1Sc1ccc(OC)cc1. The Balaban J connectivity index is 2.22. The van der Waals surface area contributed by atoms with Gasteiger partial charge in [-0.05, 0) is 44.5 Å². The van der Waals surface area contributed by atoms with E-state index in [1.807, 2.05) is 19.1 Å². The van der Waals surface area contributed by atoms with Gasteiger partial charge in [0, 0.05) is 16.9 Å². The standard InChI is InChI=1S/C17H22O2S/c1-5-6-7-16-17(12(2)13(3)19-16)20-15-10-8-14(18-4)9-11-15/h8-11H,5-7H2,1-4H3. The Morgan fingerprint density at radius 1 is 1.15 bits per heavy atom. The summed E-state index contributed by atoms with van der Waals surface area (Å²) in [5.74, 6) is 3.05. The highest BCUT2D eigenvalue weighted by atomic mass is 32.2. The fraction of sp³-hybridized carbons (Fsp3) is 0.412. The highest BCUT2D eigenvalue weighted by Gasteiger charge is 2.15. The minimum absolute atomic E-state index is 0.889. The molecule has 20 heavy (non-hydrogen) atoms. The molecular weight excluding hydrogens is 268 g/mol. The van der Waals surface area contributed by atoms with Gasteiger partial charge in [-0.2, -0.15) is 0 Å². The Labute approximate surface area is 125 Å². The van der Waals surface area contributed by atoms with Crippen molar-refractivity contribution in [3.8, 4) is 5.75 Å². The number of methoxy groups -OCH3 is 1. The van der Waals surface area contributed by atoms with Gasteiger partial charge in [0.25, 0.3) is 0 Å². The zero-order valence-electron chi connectivity index (χ0n) is 12.7. The van der Waals surface area contributed by atoms with E-state index < -0.39 is 0 Å². The van der Waals surface area contributed by atoms with Gasteiger partial charge in [-0.3, -0.25) is 0 Å². The smallest absolute Gasteiger partial charge is 0.118 e. The third kappa shape index (κ3) is 3.40. The molecule has 0 saturated heterocycles. The van der Waals surface area contributed by atoms with E-state index in [1.54, 1.807) is 18.9 Å². The molecule has 108 valence electrons. The maximum Gasteiger partial charge on any atom is 0.118 e. The van der Waals surface area contributed by atoms with Crippen molar-refractivity contribution in [2.75, 3.05) is 7.11 Å². The number of hydrogen-bond donors (Lipinski definition) is 0. The van der Waals surface area contributed by atoms with E-state index in [0.29, 0.717) is 0 Å². The van der Waals surface area contributed by atoms with E-state index in [0.717, 1.165) is 23.7 Å². The Hall–Kier alpha value is -1.35. The monoisotopic (exact) mass is 290 g/mol. The van der Waals surface area contributed by atoms with Crippen molar-refractivity contribution in [2.45, 2.75) is 49.8 Å². The highest BCUT2D eigenvalue weighted by Crippen LogP contribution is 2.37. The van der Waals surface area contributed by atoms with E-state index >= 15 is 0 Å². The van der Waals surface area contributed by atoms with Crippen LogP contribution < -0.4 is 4.74 Å². The van der Waals surface area contributed by atoms with Crippen LogP contribution in [0.5, 0.6) is 5.75 Å². The molecule has 0 aliphatic heterocycles. The molecule has 0 aliphatic carbocycles. The van der Waals surface area contributed by atoms with Crippen LogP contribution in [0.2, 0.25) is 0 Å². The molecule has 0 saturated carbocycles. The van der Waals surface area contributed by atoms with Crippen LogP contribution in [0.4, 0.5) is 0 Å². The molecule has 1 aromatic heterocycles. The second kappa shape index (κ2) is 6.89. The lowest BCUT2D eigenvalue weighted by Gasteiger charge is -2.05. The van der Waals surface area contributed by atoms with Crippen molar-refractivity contribution in [1.29, 1.82) is 0 Å². The number of hydrogen-bond acceptors (Lipinski definition) is 3. The minimum Gasteiger partial charge on any atom is -0.497 e. The van der Waals surface area contributed by atoms with Gasteiger partial charge in [-0.25, -0.2) is 0 Å². The van der Waals surface area contributed by atoms with Crippen LogP contribution in [0.1, 0.15) is 36.8 Å². The molecule has 0 amide bonds. The topological polar surface area (TPSA) is 22.4 Å². The minimum atomic E-state index is 0.889. The van der Waals surface area contributed by atoms with E-state index in [-0.39, 0.29) is 0 Å². The third-order valence-corrected chi connectivity index (χ3v) is 4.68. The van der Waals surface area contributed by atoms with Gasteiger partial charge >= 0.3 is 0 Å². The summed E-state index contributed by atoms with van der Waals surface area (Å²) in [6.45, 7) is 6.39. The molecule has 2 rings (SSSR count). The second-order valence-electron chi connectivity index (χ2n) is 4.92. The van der Waals surface area contributed by atoms with Gasteiger partial charge in [0.2, 0.25) is 0 Å². The molecule has 0 atom stereocenters. The molecule has 0 fully saturated rings. The quantitative estimate of drug-likeness (QED) is 0.711. The van der Waals surface area contributed by atoms with Crippen molar-refractivity contribution in [3.05, 3.63) is 41.3 Å². The van der Waals surface area contributed by atoms with Crippen LogP contribution in [0.3, 0.4) is 0 Å². The molecule has 0 N–H and O–H groups in total. The number of unbranched alkanes of at least 4 members (excludes halogenated alkanes) is 1. The van der Waals surface area contributed by atoms with Crippen LogP contribution >= 0.6 is 11.8 Å². The third-order valence-electron chi connectivity index (χ3n) is 3.43. The summed E-state index contributed by atoms with van der Waals surface area (Å²) in [5.41, 5.74) is 1.26. The predicted molar refractivity (Wildman–Crippen MR) is 83.9 cm³/mol. The molecule has 1 aromatic carbocycles. The predicted octanol–water partition coefficient (Wildman–Crippen LogP) is 5.40. The summed E-state index contributed by atoms with van der Waals surface area (Å²) >= 11 is 1.78. The number of ether oxygens (including phenoxy) is 1. The Kier molecular flexibility index (Phi) is 5.18. The zero-order valence-corrected chi connectivity index (χ0v) is 13.5. The van der Waals surface area contributed by atoms with Crippen molar-refractivity contribution >= 4 is 11.8 Å². The number of aryl methyl sites for hydroxylation is 2. The van der Waals surface area contributed by atoms with E-state index in [9.17, 15) is 0 Å². The van der Waals surface area contributed by atoms with Crippen molar-refractivity contribution in [1.82, 2.24) is 0 Å².